The smallest absolute Gasteiger partial charge is 0.229 e. The molecule has 1 amide bonds. The molecule has 2 N–H and O–H groups in total. The normalized spacial score (nSPS) is 13.5. The van der Waals surface area contributed by atoms with E-state index in [1.165, 1.54) is 12.1 Å². The van der Waals surface area contributed by atoms with Crippen LogP contribution in [0.25, 0.3) is 0 Å². The molecular weight excluding hydrogens is 283 g/mol. The summed E-state index contributed by atoms with van der Waals surface area (Å²) in [7, 11) is 0. The molecule has 1 aromatic carbocycles. The van der Waals surface area contributed by atoms with Gasteiger partial charge in [-0.05, 0) is 37.8 Å². The third-order valence-electron chi connectivity index (χ3n) is 3.95. The number of H-pyrrole nitrogens is 1. The van der Waals surface area contributed by atoms with Crippen molar-refractivity contribution in [2.75, 3.05) is 5.32 Å². The molecule has 0 aliphatic heterocycles. The highest BCUT2D eigenvalue weighted by Crippen LogP contribution is 2.17. The highest BCUT2D eigenvalue weighted by atomic mass is 19.1. The highest BCUT2D eigenvalue weighted by Gasteiger charge is 2.17. The number of amides is 1. The van der Waals surface area contributed by atoms with Crippen molar-refractivity contribution in [3.63, 3.8) is 0 Å². The summed E-state index contributed by atoms with van der Waals surface area (Å²) in [6.45, 7) is 0. The van der Waals surface area contributed by atoms with Crippen molar-refractivity contribution in [2.45, 2.75) is 32.1 Å². The molecule has 4 nitrogen and oxygen atoms in total. The van der Waals surface area contributed by atoms with Crippen LogP contribution in [-0.4, -0.2) is 10.9 Å². The minimum atomic E-state index is -0.491. The van der Waals surface area contributed by atoms with E-state index < -0.39 is 11.7 Å². The summed E-state index contributed by atoms with van der Waals surface area (Å²) in [6, 6.07) is 5.97. The first-order valence-electron chi connectivity index (χ1n) is 7.42. The third kappa shape index (κ3) is 2.93. The Kier molecular flexibility index (Phi) is 4.04. The summed E-state index contributed by atoms with van der Waals surface area (Å²) in [5.41, 5.74) is 2.27. The molecule has 114 valence electrons. The maximum absolute atomic E-state index is 13.5. The van der Waals surface area contributed by atoms with Crippen molar-refractivity contribution in [1.82, 2.24) is 4.98 Å². The van der Waals surface area contributed by atoms with Gasteiger partial charge in [0.25, 0.3) is 0 Å². The summed E-state index contributed by atoms with van der Waals surface area (Å²) in [5.74, 6) is -0.887. The fraction of sp³-hybridized carbons (Fsp3) is 0.294. The number of carbonyl (C=O) groups excluding carboxylic acids is 1. The van der Waals surface area contributed by atoms with E-state index in [1.54, 1.807) is 18.3 Å². The number of aryl methyl sites for hydroxylation is 1. The molecule has 1 aromatic heterocycles. The number of halogens is 1. The van der Waals surface area contributed by atoms with Gasteiger partial charge in [-0.3, -0.25) is 9.59 Å². The van der Waals surface area contributed by atoms with Crippen LogP contribution in [0.15, 0.2) is 35.3 Å². The van der Waals surface area contributed by atoms with Gasteiger partial charge < -0.3 is 10.3 Å². The maximum atomic E-state index is 13.5. The van der Waals surface area contributed by atoms with Gasteiger partial charge in [-0.15, -0.1) is 0 Å². The lowest BCUT2D eigenvalue weighted by Gasteiger charge is -2.15. The second kappa shape index (κ2) is 6.13. The van der Waals surface area contributed by atoms with E-state index in [0.717, 1.165) is 36.9 Å². The van der Waals surface area contributed by atoms with E-state index >= 15 is 0 Å². The summed E-state index contributed by atoms with van der Waals surface area (Å²) in [5, 5.41) is 2.50. The van der Waals surface area contributed by atoms with Crippen LogP contribution in [0.3, 0.4) is 0 Å². The molecule has 0 fully saturated rings. The molecule has 3 rings (SSSR count). The minimum absolute atomic E-state index is 0.0582. The van der Waals surface area contributed by atoms with Gasteiger partial charge in [-0.1, -0.05) is 12.1 Å². The van der Waals surface area contributed by atoms with Crippen LogP contribution in [0.4, 0.5) is 10.1 Å². The highest BCUT2D eigenvalue weighted by molar-refractivity contribution is 5.92. The van der Waals surface area contributed by atoms with Crippen LogP contribution in [-0.2, 0) is 24.1 Å². The van der Waals surface area contributed by atoms with E-state index in [0.29, 0.717) is 5.56 Å². The van der Waals surface area contributed by atoms with Crippen molar-refractivity contribution in [3.05, 3.63) is 63.3 Å². The number of carbonyl (C=O) groups is 1. The van der Waals surface area contributed by atoms with Gasteiger partial charge in [0.2, 0.25) is 5.91 Å². The van der Waals surface area contributed by atoms with Gasteiger partial charge in [0.15, 0.2) is 5.43 Å². The Hall–Kier alpha value is -2.43. The number of hydrogen-bond donors (Lipinski definition) is 2. The second-order valence-corrected chi connectivity index (χ2v) is 5.51. The zero-order chi connectivity index (χ0) is 15.5. The third-order valence-corrected chi connectivity index (χ3v) is 3.95. The van der Waals surface area contributed by atoms with Crippen molar-refractivity contribution >= 4 is 11.6 Å². The Balaban J connectivity index is 1.77. The fourth-order valence-corrected chi connectivity index (χ4v) is 2.81. The number of hydrogen-bond acceptors (Lipinski definition) is 2. The molecular formula is C17H17FN2O2. The molecule has 5 heteroatoms. The number of nitrogens with one attached hydrogen (secondary N) is 2. The van der Waals surface area contributed by atoms with Crippen molar-refractivity contribution in [1.29, 1.82) is 0 Å². The van der Waals surface area contributed by atoms with Gasteiger partial charge >= 0.3 is 0 Å². The number of pyridine rings is 1. The summed E-state index contributed by atoms with van der Waals surface area (Å²) >= 11 is 0. The van der Waals surface area contributed by atoms with Gasteiger partial charge in [0, 0.05) is 23.0 Å². The first-order valence-corrected chi connectivity index (χ1v) is 7.42. The largest absolute Gasteiger partial charge is 0.364 e. The van der Waals surface area contributed by atoms with Gasteiger partial charge in [0.1, 0.15) is 5.82 Å². The summed E-state index contributed by atoms with van der Waals surface area (Å²) in [6.07, 6.45) is 5.26. The van der Waals surface area contributed by atoms with Crippen LogP contribution >= 0.6 is 0 Å². The van der Waals surface area contributed by atoms with Crippen LogP contribution in [0.5, 0.6) is 0 Å². The molecule has 0 bridgehead atoms. The minimum Gasteiger partial charge on any atom is -0.364 e. The topological polar surface area (TPSA) is 62.0 Å². The molecule has 0 atom stereocenters. The Morgan fingerprint density at radius 2 is 2.00 bits per heavy atom. The number of aromatic nitrogens is 1. The van der Waals surface area contributed by atoms with E-state index in [9.17, 15) is 14.0 Å². The fourth-order valence-electron chi connectivity index (χ4n) is 2.81. The molecule has 1 aliphatic rings. The lowest BCUT2D eigenvalue weighted by molar-refractivity contribution is -0.115. The first kappa shape index (κ1) is 14.5. The predicted molar refractivity (Wildman–Crippen MR) is 82.4 cm³/mol. The molecule has 1 heterocycles. The number of aromatic amines is 1. The molecule has 22 heavy (non-hydrogen) atoms. The number of anilines is 1. The SMILES string of the molecule is O=C(Cc1c[nH]c2c(c1=O)CCCC2)Nc1ccccc1F. The number of fused-ring (bicyclic) bond motifs is 1. The van der Waals surface area contributed by atoms with Gasteiger partial charge in [-0.25, -0.2) is 4.39 Å². The van der Waals surface area contributed by atoms with Crippen molar-refractivity contribution in [2.24, 2.45) is 0 Å². The molecule has 0 saturated heterocycles. The summed E-state index contributed by atoms with van der Waals surface area (Å²) in [4.78, 5) is 27.5. The van der Waals surface area contributed by atoms with Crippen LogP contribution in [0, 0.1) is 5.82 Å². The van der Waals surface area contributed by atoms with Crippen molar-refractivity contribution in [3.8, 4) is 0 Å². The predicted octanol–water partition coefficient (Wildman–Crippen LogP) is 2.57. The Morgan fingerprint density at radius 1 is 1.23 bits per heavy atom. The molecule has 2 aromatic rings. The molecule has 0 saturated carbocycles. The van der Waals surface area contributed by atoms with Crippen LogP contribution < -0.4 is 10.7 Å². The Morgan fingerprint density at radius 3 is 2.82 bits per heavy atom. The van der Waals surface area contributed by atoms with Gasteiger partial charge in [-0.2, -0.15) is 0 Å². The van der Waals surface area contributed by atoms with Gasteiger partial charge in [0.05, 0.1) is 12.1 Å². The van der Waals surface area contributed by atoms with E-state index in [2.05, 4.69) is 10.3 Å². The lowest BCUT2D eigenvalue weighted by atomic mass is 9.94. The van der Waals surface area contributed by atoms with Crippen LogP contribution in [0.2, 0.25) is 0 Å². The van der Waals surface area contributed by atoms with E-state index in [4.69, 9.17) is 0 Å². The molecule has 1 aliphatic carbocycles. The molecule has 0 radical (unpaired) electrons. The Bertz CT molecular complexity index is 767. The zero-order valence-electron chi connectivity index (χ0n) is 12.1. The molecule has 0 spiro atoms. The number of benzene rings is 1. The standard InChI is InChI=1S/C17H17FN2O2/c18-13-6-2-4-8-15(13)20-16(21)9-11-10-19-14-7-3-1-5-12(14)17(11)22/h2,4,6,8,10H,1,3,5,7,9H2,(H,19,22)(H,20,21). The second-order valence-electron chi connectivity index (χ2n) is 5.51. The monoisotopic (exact) mass is 300 g/mol. The summed E-state index contributed by atoms with van der Waals surface area (Å²) < 4.78 is 13.5. The quantitative estimate of drug-likeness (QED) is 0.915. The maximum Gasteiger partial charge on any atom is 0.229 e. The van der Waals surface area contributed by atoms with E-state index in [1.807, 2.05) is 0 Å². The molecule has 0 unspecified atom stereocenters. The number of rotatable bonds is 3. The lowest BCUT2D eigenvalue weighted by Crippen LogP contribution is -2.25. The zero-order valence-corrected chi connectivity index (χ0v) is 12.1. The first-order chi connectivity index (χ1) is 10.6. The average Bonchev–Trinajstić information content (AvgIpc) is 2.53. The van der Waals surface area contributed by atoms with Crippen molar-refractivity contribution < 1.29 is 9.18 Å². The Labute approximate surface area is 127 Å². The van der Waals surface area contributed by atoms with E-state index in [-0.39, 0.29) is 17.5 Å². The van der Waals surface area contributed by atoms with Crippen LogP contribution in [0.1, 0.15) is 29.7 Å². The number of para-hydroxylation sites is 1. The average molecular weight is 300 g/mol.